The Kier molecular flexibility index (Phi) is 8.50. The molecule has 66 heavy (non-hydrogen) atoms. The molecule has 0 spiro atoms. The minimum atomic E-state index is -0.292. The first-order chi connectivity index (χ1) is 32.6. The molecule has 0 unspecified atom stereocenters. The van der Waals surface area contributed by atoms with E-state index in [1.807, 2.05) is 46.9 Å². The lowest BCUT2D eigenvalue weighted by molar-refractivity contribution is 0.444. The molecule has 2 nitrogen and oxygen atoms in total. The minimum Gasteiger partial charge on any atom is -0.308 e. The molecule has 13 aromatic rings. The van der Waals surface area contributed by atoms with Crippen LogP contribution in [0.2, 0.25) is 0 Å². The van der Waals surface area contributed by atoms with Crippen molar-refractivity contribution in [1.29, 1.82) is 0 Å². The molecule has 0 amide bonds. The van der Waals surface area contributed by atoms with Gasteiger partial charge in [-0.05, 0) is 78.9 Å². The van der Waals surface area contributed by atoms with Crippen molar-refractivity contribution in [3.05, 3.63) is 193 Å². The van der Waals surface area contributed by atoms with Crippen molar-refractivity contribution >= 4 is 107 Å². The number of hydrogen-bond acceptors (Lipinski definition) is 2. The third-order valence-electron chi connectivity index (χ3n) is 14.5. The van der Waals surface area contributed by atoms with E-state index in [0.29, 0.717) is 11.1 Å². The van der Waals surface area contributed by atoms with Gasteiger partial charge in [-0.25, -0.2) is 8.78 Å². The summed E-state index contributed by atoms with van der Waals surface area (Å²) >= 11 is 3.67. The van der Waals surface area contributed by atoms with Crippen LogP contribution in [-0.2, 0) is 0 Å². The number of aromatic nitrogens is 2. The zero-order valence-electron chi connectivity index (χ0n) is 35.8. The second-order valence-corrected chi connectivity index (χ2v) is 20.1. The Labute approximate surface area is 387 Å². The van der Waals surface area contributed by atoms with E-state index < -0.39 is 0 Å². The van der Waals surface area contributed by atoms with Crippen LogP contribution in [0.3, 0.4) is 0 Å². The van der Waals surface area contributed by atoms with Gasteiger partial charge in [-0.15, -0.1) is 22.7 Å². The lowest BCUT2D eigenvalue weighted by Gasteiger charge is -2.32. The Morgan fingerprint density at radius 3 is 1.30 bits per heavy atom. The highest BCUT2D eigenvalue weighted by Crippen LogP contribution is 2.53. The molecule has 9 aromatic carbocycles. The van der Waals surface area contributed by atoms with Crippen LogP contribution < -0.4 is 0 Å². The molecular formula is C60H40F2N2S2. The van der Waals surface area contributed by atoms with Crippen LogP contribution in [0.1, 0.15) is 43.6 Å². The second-order valence-electron chi connectivity index (χ2n) is 17.9. The predicted octanol–water partition coefficient (Wildman–Crippen LogP) is 18.3. The molecule has 0 aliphatic heterocycles. The average molecular weight is 891 g/mol. The molecule has 1 aliphatic rings. The number of nitrogens with zero attached hydrogens (tertiary/aromatic N) is 2. The smallest absolute Gasteiger partial charge is 0.131 e. The number of rotatable bonds is 5. The summed E-state index contributed by atoms with van der Waals surface area (Å²) in [5, 5.41) is 9.63. The van der Waals surface area contributed by atoms with Crippen LogP contribution in [0.25, 0.3) is 118 Å². The Hall–Kier alpha value is -7.12. The number of fused-ring (bicyclic) bond motifs is 14. The van der Waals surface area contributed by atoms with Crippen LogP contribution in [0.15, 0.2) is 176 Å². The van der Waals surface area contributed by atoms with Crippen molar-refractivity contribution in [3.8, 4) is 33.6 Å². The maximum Gasteiger partial charge on any atom is 0.131 e. The number of hydrogen-bond donors (Lipinski definition) is 0. The molecule has 0 radical (unpaired) electrons. The van der Waals surface area contributed by atoms with Gasteiger partial charge in [0, 0.05) is 84.1 Å². The highest BCUT2D eigenvalue weighted by Gasteiger charge is 2.33. The molecular weight excluding hydrogens is 851 g/mol. The van der Waals surface area contributed by atoms with Crippen LogP contribution in [-0.4, -0.2) is 9.13 Å². The van der Waals surface area contributed by atoms with E-state index in [0.717, 1.165) is 93.0 Å². The summed E-state index contributed by atoms with van der Waals surface area (Å²) < 4.78 is 44.1. The Morgan fingerprint density at radius 2 is 0.818 bits per heavy atom. The molecule has 0 N–H and O–H groups in total. The van der Waals surface area contributed by atoms with Crippen molar-refractivity contribution in [2.45, 2.75) is 38.0 Å². The Bertz CT molecular complexity index is 3880. The molecule has 1 aliphatic carbocycles. The van der Waals surface area contributed by atoms with E-state index in [-0.39, 0.29) is 17.6 Å². The summed E-state index contributed by atoms with van der Waals surface area (Å²) in [4.78, 5) is 0. The largest absolute Gasteiger partial charge is 0.308 e. The lowest BCUT2D eigenvalue weighted by Crippen LogP contribution is -2.14. The predicted molar refractivity (Wildman–Crippen MR) is 278 cm³/mol. The molecule has 0 atom stereocenters. The van der Waals surface area contributed by atoms with Gasteiger partial charge in [0.25, 0.3) is 0 Å². The van der Waals surface area contributed by atoms with Gasteiger partial charge in [0.1, 0.15) is 11.6 Å². The van der Waals surface area contributed by atoms with Crippen molar-refractivity contribution in [3.63, 3.8) is 0 Å². The zero-order chi connectivity index (χ0) is 43.6. The fourth-order valence-corrected chi connectivity index (χ4v) is 14.2. The van der Waals surface area contributed by atoms with Gasteiger partial charge in [0.05, 0.1) is 33.4 Å². The summed E-state index contributed by atoms with van der Waals surface area (Å²) in [6.45, 7) is 0. The fourth-order valence-electron chi connectivity index (χ4n) is 11.7. The summed E-state index contributed by atoms with van der Waals surface area (Å²) in [7, 11) is 0. The molecule has 0 bridgehead atoms. The van der Waals surface area contributed by atoms with Gasteiger partial charge in [-0.1, -0.05) is 141 Å². The van der Waals surface area contributed by atoms with E-state index in [9.17, 15) is 0 Å². The van der Waals surface area contributed by atoms with E-state index in [2.05, 4.69) is 137 Å². The van der Waals surface area contributed by atoms with E-state index in [1.165, 1.54) is 51.1 Å². The Balaban J connectivity index is 1.23. The van der Waals surface area contributed by atoms with E-state index in [4.69, 9.17) is 0 Å². The number of thiophene rings is 2. The molecule has 4 aromatic heterocycles. The summed E-state index contributed by atoms with van der Waals surface area (Å²) in [6.07, 6.45) is 5.10. The molecule has 6 heteroatoms. The molecule has 1 saturated carbocycles. The standard InChI is InChI=1S/C60H40F2N2S2/c61-44-24-10-4-20-40(44)55-50(63-46-26-12-6-22-42(46)57-48(63)32-30-38-36-18-8-14-28-52(36)65-59(38)57)34-51(56(41-21-5-11-25-45(41)62)54(55)35-16-2-1-3-17-35)64-47-27-13-7-23-43(47)58-49(64)33-31-39-37-19-9-15-29-53(37)66-60(39)58/h4-15,18-35H,1-3,16-17H2. The summed E-state index contributed by atoms with van der Waals surface area (Å²) in [6, 6.07) is 60.5. The van der Waals surface area contributed by atoms with E-state index >= 15 is 8.78 Å². The maximum absolute atomic E-state index is 17.2. The molecule has 0 saturated heterocycles. The number of para-hydroxylation sites is 2. The third kappa shape index (κ3) is 5.43. The van der Waals surface area contributed by atoms with Crippen LogP contribution in [0.5, 0.6) is 0 Å². The third-order valence-corrected chi connectivity index (χ3v) is 16.9. The van der Waals surface area contributed by atoms with Crippen molar-refractivity contribution in [2.24, 2.45) is 0 Å². The average Bonchev–Trinajstić information content (AvgIpc) is 4.12. The van der Waals surface area contributed by atoms with Crippen LogP contribution in [0, 0.1) is 11.6 Å². The van der Waals surface area contributed by atoms with E-state index in [1.54, 1.807) is 24.3 Å². The first kappa shape index (κ1) is 38.2. The van der Waals surface area contributed by atoms with Gasteiger partial charge in [0.2, 0.25) is 0 Å². The van der Waals surface area contributed by atoms with Gasteiger partial charge in [0.15, 0.2) is 0 Å². The Morgan fingerprint density at radius 1 is 0.394 bits per heavy atom. The topological polar surface area (TPSA) is 9.86 Å². The fraction of sp³-hybridized carbons (Fsp3) is 0.100. The quantitative estimate of drug-likeness (QED) is 0.163. The van der Waals surface area contributed by atoms with Gasteiger partial charge < -0.3 is 9.13 Å². The van der Waals surface area contributed by atoms with Crippen molar-refractivity contribution in [2.75, 3.05) is 0 Å². The lowest BCUT2D eigenvalue weighted by atomic mass is 9.76. The molecule has 14 rings (SSSR count). The number of benzene rings is 9. The maximum atomic E-state index is 17.2. The van der Waals surface area contributed by atoms with Crippen molar-refractivity contribution in [1.82, 2.24) is 9.13 Å². The monoisotopic (exact) mass is 890 g/mol. The SMILES string of the molecule is Fc1ccccc1-c1c(-n2c3ccccc3c3c4sc5ccccc5c4ccc32)cc(-n2c3ccccc3c3c4sc5ccccc5c4ccc32)c(-c2ccccc2F)c1C1CCCCC1. The van der Waals surface area contributed by atoms with Crippen molar-refractivity contribution < 1.29 is 8.78 Å². The van der Waals surface area contributed by atoms with Crippen LogP contribution >= 0.6 is 22.7 Å². The normalized spacial score (nSPS) is 13.8. The van der Waals surface area contributed by atoms with Crippen LogP contribution in [0.4, 0.5) is 8.78 Å². The second kappa shape index (κ2) is 14.7. The highest BCUT2D eigenvalue weighted by atomic mass is 32.1. The first-order valence-electron chi connectivity index (χ1n) is 23.0. The molecule has 1 fully saturated rings. The summed E-state index contributed by atoms with van der Waals surface area (Å²) in [5.74, 6) is -0.536. The number of halogens is 2. The summed E-state index contributed by atoms with van der Waals surface area (Å²) in [5.41, 5.74) is 9.70. The highest BCUT2D eigenvalue weighted by molar-refractivity contribution is 7.27. The molecule has 316 valence electrons. The first-order valence-corrected chi connectivity index (χ1v) is 24.6. The van der Waals surface area contributed by atoms with Gasteiger partial charge >= 0.3 is 0 Å². The minimum absolute atomic E-state index is 0.0476. The zero-order valence-corrected chi connectivity index (χ0v) is 37.5. The molecule has 4 heterocycles. The van der Waals surface area contributed by atoms with Gasteiger partial charge in [-0.3, -0.25) is 0 Å². The van der Waals surface area contributed by atoms with Gasteiger partial charge in [-0.2, -0.15) is 0 Å².